The van der Waals surface area contributed by atoms with Gasteiger partial charge in [-0.1, -0.05) is 12.1 Å². The number of rotatable bonds is 9. The van der Waals surface area contributed by atoms with Gasteiger partial charge in [0.25, 0.3) is 0 Å². The Kier molecular flexibility index (Phi) is 5.47. The van der Waals surface area contributed by atoms with Gasteiger partial charge in [-0.3, -0.25) is 4.72 Å². The van der Waals surface area contributed by atoms with Gasteiger partial charge in [0, 0.05) is 20.1 Å². The molecule has 0 spiro atoms. The van der Waals surface area contributed by atoms with E-state index in [4.69, 9.17) is 0 Å². The fourth-order valence-corrected chi connectivity index (χ4v) is 3.37. The van der Waals surface area contributed by atoms with Crippen molar-refractivity contribution >= 4 is 21.4 Å². The molecular formula is C15H25N3O2S. The molecule has 6 heteroatoms. The summed E-state index contributed by atoms with van der Waals surface area (Å²) in [6.45, 7) is 0.911. The lowest BCUT2D eigenvalue weighted by molar-refractivity contribution is 0.591. The molecule has 0 unspecified atom stereocenters. The van der Waals surface area contributed by atoms with E-state index in [1.54, 1.807) is 6.07 Å². The van der Waals surface area contributed by atoms with Gasteiger partial charge in [-0.15, -0.1) is 0 Å². The van der Waals surface area contributed by atoms with E-state index in [2.05, 4.69) is 10.0 Å². The third kappa shape index (κ3) is 5.55. The highest BCUT2D eigenvalue weighted by atomic mass is 32.2. The summed E-state index contributed by atoms with van der Waals surface area (Å²) in [7, 11) is 0.519. The summed E-state index contributed by atoms with van der Waals surface area (Å²) in [5.41, 5.74) is 1.51. The zero-order valence-electron chi connectivity index (χ0n) is 12.8. The first kappa shape index (κ1) is 16.1. The molecule has 118 valence electrons. The second-order valence-corrected chi connectivity index (χ2v) is 7.61. The average molecular weight is 311 g/mol. The Labute approximate surface area is 127 Å². The van der Waals surface area contributed by atoms with Gasteiger partial charge in [0.2, 0.25) is 10.0 Å². The highest BCUT2D eigenvalue weighted by Gasteiger charge is 2.19. The fraction of sp³-hybridized carbons (Fsp3) is 0.600. The summed E-state index contributed by atoms with van der Waals surface area (Å²) in [5, 5.41) is 3.39. The highest BCUT2D eigenvalue weighted by molar-refractivity contribution is 7.92. The Morgan fingerprint density at radius 1 is 1.19 bits per heavy atom. The number of hydrogen-bond acceptors (Lipinski definition) is 4. The summed E-state index contributed by atoms with van der Waals surface area (Å²) in [6, 6.07) is 8.12. The summed E-state index contributed by atoms with van der Waals surface area (Å²) < 4.78 is 27.0. The summed E-state index contributed by atoms with van der Waals surface area (Å²) in [4.78, 5) is 1.90. The molecule has 0 heterocycles. The van der Waals surface area contributed by atoms with Crippen molar-refractivity contribution in [1.29, 1.82) is 0 Å². The van der Waals surface area contributed by atoms with E-state index in [1.165, 1.54) is 12.8 Å². The van der Waals surface area contributed by atoms with E-state index in [0.717, 1.165) is 18.7 Å². The van der Waals surface area contributed by atoms with Crippen LogP contribution >= 0.6 is 0 Å². The molecule has 0 bridgehead atoms. The summed E-state index contributed by atoms with van der Waals surface area (Å²) >= 11 is 0. The second-order valence-electron chi connectivity index (χ2n) is 5.77. The van der Waals surface area contributed by atoms with Crippen molar-refractivity contribution in [2.24, 2.45) is 0 Å². The van der Waals surface area contributed by atoms with Crippen LogP contribution in [0.25, 0.3) is 0 Å². The molecule has 2 N–H and O–H groups in total. The Hall–Kier alpha value is -1.27. The van der Waals surface area contributed by atoms with Gasteiger partial charge in [-0.25, -0.2) is 8.42 Å². The van der Waals surface area contributed by atoms with Crippen LogP contribution in [-0.2, 0) is 10.0 Å². The monoisotopic (exact) mass is 311 g/mol. The maximum Gasteiger partial charge on any atom is 0.232 e. The van der Waals surface area contributed by atoms with Gasteiger partial charge in [-0.05, 0) is 44.4 Å². The Morgan fingerprint density at radius 3 is 2.57 bits per heavy atom. The van der Waals surface area contributed by atoms with Gasteiger partial charge >= 0.3 is 0 Å². The topological polar surface area (TPSA) is 61.4 Å². The largest absolute Gasteiger partial charge is 0.376 e. The fourth-order valence-electron chi connectivity index (χ4n) is 2.18. The van der Waals surface area contributed by atoms with Crippen LogP contribution in [0.15, 0.2) is 24.3 Å². The lowest BCUT2D eigenvalue weighted by Gasteiger charge is -2.18. The van der Waals surface area contributed by atoms with Gasteiger partial charge in [0.15, 0.2) is 0 Å². The third-order valence-electron chi connectivity index (χ3n) is 3.50. The van der Waals surface area contributed by atoms with Crippen LogP contribution in [0, 0.1) is 0 Å². The molecule has 1 aromatic carbocycles. The van der Waals surface area contributed by atoms with E-state index in [0.29, 0.717) is 18.2 Å². The number of nitrogens with zero attached hydrogens (tertiary/aromatic N) is 1. The van der Waals surface area contributed by atoms with E-state index in [-0.39, 0.29) is 5.75 Å². The molecule has 1 aliphatic carbocycles. The van der Waals surface area contributed by atoms with Gasteiger partial charge in [0.1, 0.15) is 0 Å². The van der Waals surface area contributed by atoms with E-state index >= 15 is 0 Å². The molecule has 0 aromatic heterocycles. The summed E-state index contributed by atoms with van der Waals surface area (Å²) in [6.07, 6.45) is 4.11. The minimum Gasteiger partial charge on any atom is -0.376 e. The molecule has 0 atom stereocenters. The molecular weight excluding hydrogens is 286 g/mol. The second kappa shape index (κ2) is 7.13. The van der Waals surface area contributed by atoms with Crippen molar-refractivity contribution in [2.45, 2.75) is 31.7 Å². The van der Waals surface area contributed by atoms with Crippen molar-refractivity contribution in [1.82, 2.24) is 5.32 Å². The van der Waals surface area contributed by atoms with Crippen LogP contribution in [0.5, 0.6) is 0 Å². The van der Waals surface area contributed by atoms with Crippen molar-refractivity contribution in [3.63, 3.8) is 0 Å². The van der Waals surface area contributed by atoms with Crippen molar-refractivity contribution in [3.05, 3.63) is 24.3 Å². The van der Waals surface area contributed by atoms with Gasteiger partial charge in [-0.2, -0.15) is 0 Å². The molecule has 2 rings (SSSR count). The van der Waals surface area contributed by atoms with Crippen LogP contribution in [0.2, 0.25) is 0 Å². The van der Waals surface area contributed by atoms with Crippen molar-refractivity contribution < 1.29 is 8.42 Å². The Morgan fingerprint density at radius 2 is 1.90 bits per heavy atom. The predicted octanol–water partition coefficient (Wildman–Crippen LogP) is 2.03. The molecule has 1 saturated carbocycles. The number of sulfonamides is 1. The molecule has 1 aromatic rings. The normalized spacial score (nSPS) is 15.0. The number of unbranched alkanes of at least 4 members (excludes halogenated alkanes) is 1. The lowest BCUT2D eigenvalue weighted by atomic mass is 10.2. The number of para-hydroxylation sites is 2. The maximum absolute atomic E-state index is 12.1. The molecule has 0 amide bonds. The molecule has 5 nitrogen and oxygen atoms in total. The van der Waals surface area contributed by atoms with Gasteiger partial charge in [0.05, 0.1) is 17.1 Å². The van der Waals surface area contributed by atoms with Crippen molar-refractivity contribution in [3.8, 4) is 0 Å². The first-order valence-electron chi connectivity index (χ1n) is 7.48. The smallest absolute Gasteiger partial charge is 0.232 e. The number of hydrogen-bond donors (Lipinski definition) is 2. The van der Waals surface area contributed by atoms with E-state index in [1.807, 2.05) is 37.2 Å². The molecule has 0 aliphatic heterocycles. The first-order chi connectivity index (χ1) is 9.98. The zero-order valence-corrected chi connectivity index (χ0v) is 13.6. The van der Waals surface area contributed by atoms with Crippen LogP contribution in [-0.4, -0.2) is 40.9 Å². The molecule has 1 aliphatic rings. The Balaban J connectivity index is 1.82. The lowest BCUT2D eigenvalue weighted by Crippen LogP contribution is -2.21. The average Bonchev–Trinajstić information content (AvgIpc) is 3.22. The number of nitrogens with one attached hydrogen (secondary N) is 2. The maximum atomic E-state index is 12.1. The van der Waals surface area contributed by atoms with E-state index < -0.39 is 10.0 Å². The predicted molar refractivity (Wildman–Crippen MR) is 88.4 cm³/mol. The SMILES string of the molecule is CN(C)c1ccccc1NS(=O)(=O)CCCCNC1CC1. The van der Waals surface area contributed by atoms with Gasteiger partial charge < -0.3 is 10.2 Å². The zero-order chi connectivity index (χ0) is 15.3. The molecule has 0 radical (unpaired) electrons. The van der Waals surface area contributed by atoms with Crippen LogP contribution in [0.4, 0.5) is 11.4 Å². The highest BCUT2D eigenvalue weighted by Crippen LogP contribution is 2.24. The van der Waals surface area contributed by atoms with Crippen LogP contribution in [0.3, 0.4) is 0 Å². The molecule has 21 heavy (non-hydrogen) atoms. The van der Waals surface area contributed by atoms with Crippen LogP contribution < -0.4 is 14.9 Å². The molecule has 1 fully saturated rings. The van der Waals surface area contributed by atoms with E-state index in [9.17, 15) is 8.42 Å². The third-order valence-corrected chi connectivity index (χ3v) is 4.86. The Bertz CT molecular complexity index is 554. The van der Waals surface area contributed by atoms with Crippen molar-refractivity contribution in [2.75, 3.05) is 36.0 Å². The number of benzene rings is 1. The minimum absolute atomic E-state index is 0.168. The van der Waals surface area contributed by atoms with Crippen LogP contribution in [0.1, 0.15) is 25.7 Å². The quantitative estimate of drug-likeness (QED) is 0.685. The standard InChI is InChI=1S/C15H25N3O2S/c1-18(2)15-8-4-3-7-14(15)17-21(19,20)12-6-5-11-16-13-9-10-13/h3-4,7-8,13,16-17H,5-6,9-12H2,1-2H3. The minimum atomic E-state index is -3.28. The summed E-state index contributed by atoms with van der Waals surface area (Å²) in [5.74, 6) is 0.168. The number of anilines is 2. The first-order valence-corrected chi connectivity index (χ1v) is 9.13. The molecule has 0 saturated heterocycles.